The normalized spacial score (nSPS) is 15.1. The first-order valence-corrected chi connectivity index (χ1v) is 11.9. The van der Waals surface area contributed by atoms with E-state index < -0.39 is 23.3 Å². The number of carbonyl (C=O) groups is 1. The lowest BCUT2D eigenvalue weighted by Gasteiger charge is -2.19. The molecule has 1 N–H and O–H groups in total. The van der Waals surface area contributed by atoms with Gasteiger partial charge in [0.15, 0.2) is 16.7 Å². The first-order valence-electron chi connectivity index (χ1n) is 10.3. The minimum Gasteiger partial charge on any atom is -0.493 e. The Balaban J connectivity index is 1.57. The summed E-state index contributed by atoms with van der Waals surface area (Å²) in [5.41, 5.74) is -0.120. The van der Waals surface area contributed by atoms with Crippen molar-refractivity contribution in [1.29, 1.82) is 5.41 Å². The zero-order valence-electron chi connectivity index (χ0n) is 18.5. The number of amides is 1. The number of alkyl halides is 3. The van der Waals surface area contributed by atoms with Crippen LogP contribution in [0.1, 0.15) is 16.7 Å². The third kappa shape index (κ3) is 5.48. The number of hydrogen-bond acceptors (Lipinski definition) is 5. The Hall–Kier alpha value is -3.14. The standard InChI is InChI=1S/C25H17Cl2F3N2O3S/c1-34-21-10-14(6-9-20(21)35-13-15-7-8-16(26)12-18(15)27)11-22-23(33)32(24(31)36-22)19-5-3-2-4-17(19)25(28,29)30/h2-12,31H,13H2,1H3/b22-11-,31-24?. The van der Waals surface area contributed by atoms with Crippen molar-refractivity contribution in [2.24, 2.45) is 0 Å². The highest BCUT2D eigenvalue weighted by atomic mass is 35.5. The highest BCUT2D eigenvalue weighted by molar-refractivity contribution is 8.19. The molecule has 4 rings (SSSR count). The average molecular weight is 553 g/mol. The van der Waals surface area contributed by atoms with Gasteiger partial charge in [-0.1, -0.05) is 47.5 Å². The van der Waals surface area contributed by atoms with Gasteiger partial charge in [0.2, 0.25) is 0 Å². The molecule has 1 saturated heterocycles. The van der Waals surface area contributed by atoms with Crippen LogP contribution in [0, 0.1) is 5.41 Å². The third-order valence-electron chi connectivity index (χ3n) is 5.16. The fourth-order valence-electron chi connectivity index (χ4n) is 3.45. The summed E-state index contributed by atoms with van der Waals surface area (Å²) in [5.74, 6) is 0.0714. The first kappa shape index (κ1) is 25.9. The lowest BCUT2D eigenvalue weighted by molar-refractivity contribution is -0.137. The van der Waals surface area contributed by atoms with Crippen molar-refractivity contribution >= 4 is 57.8 Å². The molecule has 3 aromatic rings. The molecule has 1 amide bonds. The summed E-state index contributed by atoms with van der Waals surface area (Å²) in [5, 5.41) is 8.79. The Bertz CT molecular complexity index is 1380. The Morgan fingerprint density at radius 3 is 2.50 bits per heavy atom. The summed E-state index contributed by atoms with van der Waals surface area (Å²) < 4.78 is 51.6. The van der Waals surface area contributed by atoms with Crippen molar-refractivity contribution in [1.82, 2.24) is 0 Å². The number of amidine groups is 1. The van der Waals surface area contributed by atoms with Crippen LogP contribution in [-0.4, -0.2) is 18.2 Å². The second-order valence-corrected chi connectivity index (χ2v) is 9.38. The van der Waals surface area contributed by atoms with E-state index in [0.29, 0.717) is 27.1 Å². The fourth-order valence-corrected chi connectivity index (χ4v) is 4.77. The molecule has 11 heteroatoms. The van der Waals surface area contributed by atoms with E-state index in [4.69, 9.17) is 38.1 Å². The molecule has 1 aliphatic heterocycles. The van der Waals surface area contributed by atoms with Crippen LogP contribution in [-0.2, 0) is 17.6 Å². The monoisotopic (exact) mass is 552 g/mol. The molecule has 0 radical (unpaired) electrons. The SMILES string of the molecule is COc1cc(/C=C2\SC(=N)N(c3ccccc3C(F)(F)F)C2=O)ccc1OCc1ccc(Cl)cc1Cl. The molecule has 0 bridgehead atoms. The minimum atomic E-state index is -4.67. The summed E-state index contributed by atoms with van der Waals surface area (Å²) >= 11 is 12.9. The zero-order chi connectivity index (χ0) is 26.0. The van der Waals surface area contributed by atoms with Crippen LogP contribution in [0.2, 0.25) is 10.0 Å². The molecule has 0 spiro atoms. The summed E-state index contributed by atoms with van der Waals surface area (Å²) in [6, 6.07) is 14.6. The number of nitrogens with zero attached hydrogens (tertiary/aromatic N) is 1. The van der Waals surface area contributed by atoms with Gasteiger partial charge >= 0.3 is 6.18 Å². The van der Waals surface area contributed by atoms with Crippen LogP contribution >= 0.6 is 35.0 Å². The number of rotatable bonds is 6. The summed E-state index contributed by atoms with van der Waals surface area (Å²) in [7, 11) is 1.45. The van der Waals surface area contributed by atoms with Gasteiger partial charge in [-0.3, -0.25) is 15.1 Å². The molecule has 3 aromatic carbocycles. The molecular weight excluding hydrogens is 536 g/mol. The molecule has 0 atom stereocenters. The molecule has 1 fully saturated rings. The quantitative estimate of drug-likeness (QED) is 0.319. The predicted molar refractivity (Wildman–Crippen MR) is 136 cm³/mol. The Labute approximate surface area is 218 Å². The topological polar surface area (TPSA) is 62.6 Å². The molecule has 5 nitrogen and oxygen atoms in total. The number of ether oxygens (including phenoxy) is 2. The number of carbonyl (C=O) groups excluding carboxylic acids is 1. The van der Waals surface area contributed by atoms with E-state index in [2.05, 4.69) is 0 Å². The number of anilines is 1. The molecule has 0 saturated carbocycles. The van der Waals surface area contributed by atoms with Gasteiger partial charge in [0.1, 0.15) is 6.61 Å². The predicted octanol–water partition coefficient (Wildman–Crippen LogP) is 7.66. The van der Waals surface area contributed by atoms with Crippen LogP contribution in [0.3, 0.4) is 0 Å². The maximum Gasteiger partial charge on any atom is 0.418 e. The third-order valence-corrected chi connectivity index (χ3v) is 6.63. The Morgan fingerprint density at radius 2 is 1.81 bits per heavy atom. The van der Waals surface area contributed by atoms with Gasteiger partial charge in [-0.05, 0) is 59.8 Å². The van der Waals surface area contributed by atoms with Gasteiger partial charge in [-0.25, -0.2) is 0 Å². The lowest BCUT2D eigenvalue weighted by Crippen LogP contribution is -2.30. The maximum atomic E-state index is 13.5. The molecule has 0 aliphatic carbocycles. The van der Waals surface area contributed by atoms with Crippen LogP contribution in [0.4, 0.5) is 18.9 Å². The molecule has 1 heterocycles. The largest absolute Gasteiger partial charge is 0.493 e. The van der Waals surface area contributed by atoms with Crippen molar-refractivity contribution in [3.8, 4) is 11.5 Å². The Kier molecular flexibility index (Phi) is 7.54. The van der Waals surface area contributed by atoms with E-state index in [0.717, 1.165) is 28.3 Å². The number of hydrogen-bond donors (Lipinski definition) is 1. The highest BCUT2D eigenvalue weighted by Gasteiger charge is 2.40. The van der Waals surface area contributed by atoms with Crippen molar-refractivity contribution < 1.29 is 27.4 Å². The summed E-state index contributed by atoms with van der Waals surface area (Å²) in [6.07, 6.45) is -3.19. The summed E-state index contributed by atoms with van der Waals surface area (Å²) in [6.45, 7) is 0.159. The molecule has 0 unspecified atom stereocenters. The van der Waals surface area contributed by atoms with Crippen molar-refractivity contribution in [2.75, 3.05) is 12.0 Å². The van der Waals surface area contributed by atoms with Gasteiger partial charge in [0, 0.05) is 15.6 Å². The maximum absolute atomic E-state index is 13.5. The molecule has 186 valence electrons. The Morgan fingerprint density at radius 1 is 1.06 bits per heavy atom. The van der Waals surface area contributed by atoms with Crippen molar-refractivity contribution in [3.05, 3.63) is 92.3 Å². The molecule has 0 aromatic heterocycles. The van der Waals surface area contributed by atoms with E-state index in [1.54, 1.807) is 36.4 Å². The first-order chi connectivity index (χ1) is 17.1. The van der Waals surface area contributed by atoms with E-state index >= 15 is 0 Å². The highest BCUT2D eigenvalue weighted by Crippen LogP contribution is 2.42. The van der Waals surface area contributed by atoms with Gasteiger partial charge < -0.3 is 9.47 Å². The second kappa shape index (κ2) is 10.5. The lowest BCUT2D eigenvalue weighted by atomic mass is 10.1. The van der Waals surface area contributed by atoms with Gasteiger partial charge in [0.05, 0.1) is 23.3 Å². The van der Waals surface area contributed by atoms with Crippen molar-refractivity contribution in [3.63, 3.8) is 0 Å². The molecule has 36 heavy (non-hydrogen) atoms. The number of benzene rings is 3. The van der Waals surface area contributed by atoms with E-state index in [-0.39, 0.29) is 16.7 Å². The zero-order valence-corrected chi connectivity index (χ0v) is 20.9. The van der Waals surface area contributed by atoms with Gasteiger partial charge in [0.25, 0.3) is 5.91 Å². The van der Waals surface area contributed by atoms with Crippen LogP contribution in [0.15, 0.2) is 65.6 Å². The average Bonchev–Trinajstić information content (AvgIpc) is 3.10. The summed E-state index contributed by atoms with van der Waals surface area (Å²) in [4.78, 5) is 13.8. The van der Waals surface area contributed by atoms with Crippen LogP contribution < -0.4 is 14.4 Å². The second-order valence-electron chi connectivity index (χ2n) is 7.51. The van der Waals surface area contributed by atoms with Crippen molar-refractivity contribution in [2.45, 2.75) is 12.8 Å². The van der Waals surface area contributed by atoms with E-state index in [1.807, 2.05) is 0 Å². The number of nitrogens with one attached hydrogen (secondary N) is 1. The smallest absolute Gasteiger partial charge is 0.418 e. The fraction of sp³-hybridized carbons (Fsp3) is 0.120. The number of halogens is 5. The minimum absolute atomic E-state index is 0.0978. The van der Waals surface area contributed by atoms with Crippen LogP contribution in [0.25, 0.3) is 6.08 Å². The van der Waals surface area contributed by atoms with Gasteiger partial charge in [-0.2, -0.15) is 13.2 Å². The van der Waals surface area contributed by atoms with Gasteiger partial charge in [-0.15, -0.1) is 0 Å². The van der Waals surface area contributed by atoms with E-state index in [1.165, 1.54) is 31.4 Å². The van der Waals surface area contributed by atoms with Crippen LogP contribution in [0.5, 0.6) is 11.5 Å². The van der Waals surface area contributed by atoms with E-state index in [9.17, 15) is 18.0 Å². The molecule has 1 aliphatic rings. The molecular formula is C25H17Cl2F3N2O3S. The number of methoxy groups -OCH3 is 1. The number of para-hydroxylation sites is 1. The number of thioether (sulfide) groups is 1.